The molecule has 1 aliphatic rings. The van der Waals surface area contributed by atoms with Crippen LogP contribution in [-0.2, 0) is 16.0 Å². The van der Waals surface area contributed by atoms with Gasteiger partial charge >= 0.3 is 5.97 Å². The average molecular weight is 345 g/mol. The summed E-state index contributed by atoms with van der Waals surface area (Å²) in [5.74, 6) is -0.913. The summed E-state index contributed by atoms with van der Waals surface area (Å²) in [6.45, 7) is -0.322. The zero-order valence-electron chi connectivity index (χ0n) is 13.0. The van der Waals surface area contributed by atoms with Crippen LogP contribution in [0, 0.1) is 0 Å². The molecular formula is C18H17ClN2O3. The number of hydrogen-bond acceptors (Lipinski definition) is 4. The summed E-state index contributed by atoms with van der Waals surface area (Å²) in [5, 5.41) is 3.14. The molecule has 0 fully saturated rings. The van der Waals surface area contributed by atoms with E-state index in [0.717, 1.165) is 24.8 Å². The number of aryl methyl sites for hydroxylation is 1. The zero-order chi connectivity index (χ0) is 16.9. The lowest BCUT2D eigenvalue weighted by molar-refractivity contribution is -0.125. The molecule has 1 atom stereocenters. The molecule has 6 heteroatoms. The average Bonchev–Trinajstić information content (AvgIpc) is 2.60. The van der Waals surface area contributed by atoms with E-state index in [0.29, 0.717) is 0 Å². The van der Waals surface area contributed by atoms with Crippen LogP contribution in [0.5, 0.6) is 0 Å². The minimum Gasteiger partial charge on any atom is -0.452 e. The quantitative estimate of drug-likeness (QED) is 0.683. The van der Waals surface area contributed by atoms with Gasteiger partial charge in [0.25, 0.3) is 5.91 Å². The highest BCUT2D eigenvalue weighted by molar-refractivity contribution is 6.29. The van der Waals surface area contributed by atoms with Crippen LogP contribution in [0.2, 0.25) is 5.15 Å². The van der Waals surface area contributed by atoms with Crippen molar-refractivity contribution in [3.05, 3.63) is 64.4 Å². The van der Waals surface area contributed by atoms with Gasteiger partial charge in [-0.25, -0.2) is 9.78 Å². The first-order chi connectivity index (χ1) is 11.6. The highest BCUT2D eigenvalue weighted by Crippen LogP contribution is 2.29. The molecule has 1 aromatic carbocycles. The van der Waals surface area contributed by atoms with E-state index in [1.54, 1.807) is 0 Å². The van der Waals surface area contributed by atoms with Crippen LogP contribution in [-0.4, -0.2) is 23.5 Å². The van der Waals surface area contributed by atoms with E-state index in [9.17, 15) is 9.59 Å². The lowest BCUT2D eigenvalue weighted by Crippen LogP contribution is -2.34. The lowest BCUT2D eigenvalue weighted by atomic mass is 9.88. The third kappa shape index (κ3) is 3.92. The second-order valence-electron chi connectivity index (χ2n) is 5.65. The molecule has 0 saturated heterocycles. The largest absolute Gasteiger partial charge is 0.452 e. The Hall–Kier alpha value is -2.40. The van der Waals surface area contributed by atoms with Crippen molar-refractivity contribution in [1.82, 2.24) is 10.3 Å². The number of pyridine rings is 1. The van der Waals surface area contributed by atoms with E-state index < -0.39 is 5.97 Å². The molecule has 0 saturated carbocycles. The van der Waals surface area contributed by atoms with Crippen molar-refractivity contribution in [2.24, 2.45) is 0 Å². The van der Waals surface area contributed by atoms with Crippen LogP contribution >= 0.6 is 11.6 Å². The van der Waals surface area contributed by atoms with Crippen molar-refractivity contribution in [3.63, 3.8) is 0 Å². The van der Waals surface area contributed by atoms with Gasteiger partial charge in [0.1, 0.15) is 5.15 Å². The summed E-state index contributed by atoms with van der Waals surface area (Å²) >= 11 is 5.73. The molecule has 1 amide bonds. The molecule has 0 radical (unpaired) electrons. The van der Waals surface area contributed by atoms with Crippen LogP contribution in [0.25, 0.3) is 0 Å². The summed E-state index contributed by atoms with van der Waals surface area (Å²) in [4.78, 5) is 27.8. The maximum absolute atomic E-state index is 12.1. The van der Waals surface area contributed by atoms with Crippen molar-refractivity contribution >= 4 is 23.5 Å². The number of fused-ring (bicyclic) bond motifs is 1. The number of amides is 1. The number of carbonyl (C=O) groups excluding carboxylic acids is 2. The van der Waals surface area contributed by atoms with Gasteiger partial charge in [0.2, 0.25) is 0 Å². The van der Waals surface area contributed by atoms with E-state index in [1.807, 2.05) is 18.2 Å². The van der Waals surface area contributed by atoms with E-state index in [-0.39, 0.29) is 29.3 Å². The minimum absolute atomic E-state index is 0.0310. The molecule has 24 heavy (non-hydrogen) atoms. The van der Waals surface area contributed by atoms with Crippen LogP contribution in [0.4, 0.5) is 0 Å². The lowest BCUT2D eigenvalue weighted by Gasteiger charge is -2.26. The van der Waals surface area contributed by atoms with Gasteiger partial charge in [-0.3, -0.25) is 4.79 Å². The van der Waals surface area contributed by atoms with Gasteiger partial charge < -0.3 is 10.1 Å². The molecule has 1 heterocycles. The first kappa shape index (κ1) is 16.5. The highest BCUT2D eigenvalue weighted by Gasteiger charge is 2.21. The second kappa shape index (κ2) is 7.45. The van der Waals surface area contributed by atoms with Crippen LogP contribution < -0.4 is 5.32 Å². The van der Waals surface area contributed by atoms with E-state index in [4.69, 9.17) is 16.3 Å². The highest BCUT2D eigenvalue weighted by atomic mass is 35.5. The molecule has 3 rings (SSSR count). The summed E-state index contributed by atoms with van der Waals surface area (Å²) in [6, 6.07) is 11.0. The third-order valence-corrected chi connectivity index (χ3v) is 4.21. The number of aromatic nitrogens is 1. The summed E-state index contributed by atoms with van der Waals surface area (Å²) in [6.07, 6.45) is 4.35. The molecule has 1 aliphatic carbocycles. The molecule has 0 aliphatic heterocycles. The van der Waals surface area contributed by atoms with Crippen LogP contribution in [0.15, 0.2) is 42.6 Å². The van der Waals surface area contributed by atoms with Crippen molar-refractivity contribution < 1.29 is 14.3 Å². The van der Waals surface area contributed by atoms with Gasteiger partial charge in [0, 0.05) is 6.20 Å². The molecule has 2 aromatic rings. The number of nitrogens with zero attached hydrogens (tertiary/aromatic N) is 1. The summed E-state index contributed by atoms with van der Waals surface area (Å²) in [7, 11) is 0. The second-order valence-corrected chi connectivity index (χ2v) is 6.04. The molecule has 0 bridgehead atoms. The van der Waals surface area contributed by atoms with Crippen LogP contribution in [0.3, 0.4) is 0 Å². The molecule has 1 aromatic heterocycles. The van der Waals surface area contributed by atoms with Gasteiger partial charge in [-0.2, -0.15) is 0 Å². The van der Waals surface area contributed by atoms with Gasteiger partial charge in [0.05, 0.1) is 11.6 Å². The monoisotopic (exact) mass is 344 g/mol. The SMILES string of the molecule is O=C(COC(=O)c1ccnc(Cl)c1)N[C@@H]1CCCc2ccccc21. The van der Waals surface area contributed by atoms with E-state index in [2.05, 4.69) is 16.4 Å². The molecule has 124 valence electrons. The Kier molecular flexibility index (Phi) is 5.11. The van der Waals surface area contributed by atoms with Gasteiger partial charge in [-0.15, -0.1) is 0 Å². The number of rotatable bonds is 4. The smallest absolute Gasteiger partial charge is 0.338 e. The molecule has 5 nitrogen and oxygen atoms in total. The zero-order valence-corrected chi connectivity index (χ0v) is 13.8. The summed E-state index contributed by atoms with van der Waals surface area (Å²) < 4.78 is 5.04. The number of carbonyl (C=O) groups is 2. The number of benzene rings is 1. The maximum atomic E-state index is 12.1. The topological polar surface area (TPSA) is 68.3 Å². The van der Waals surface area contributed by atoms with Crippen molar-refractivity contribution in [2.75, 3.05) is 6.61 Å². The fraction of sp³-hybridized carbons (Fsp3) is 0.278. The Bertz CT molecular complexity index is 763. The molecule has 0 spiro atoms. The van der Waals surface area contributed by atoms with Crippen molar-refractivity contribution in [1.29, 1.82) is 0 Å². The number of halogens is 1. The Morgan fingerprint density at radius 2 is 2.12 bits per heavy atom. The first-order valence-electron chi connectivity index (χ1n) is 7.79. The Balaban J connectivity index is 1.56. The number of nitrogens with one attached hydrogen (secondary N) is 1. The van der Waals surface area contributed by atoms with Crippen molar-refractivity contribution in [2.45, 2.75) is 25.3 Å². The normalized spacial score (nSPS) is 16.1. The maximum Gasteiger partial charge on any atom is 0.338 e. The Morgan fingerprint density at radius 3 is 2.96 bits per heavy atom. The Morgan fingerprint density at radius 1 is 1.29 bits per heavy atom. The minimum atomic E-state index is -0.599. The molecular weight excluding hydrogens is 328 g/mol. The molecule has 1 N–H and O–H groups in total. The van der Waals surface area contributed by atoms with Gasteiger partial charge in [-0.05, 0) is 42.5 Å². The molecule has 0 unspecified atom stereocenters. The van der Waals surface area contributed by atoms with Gasteiger partial charge in [-0.1, -0.05) is 35.9 Å². The predicted molar refractivity (Wildman–Crippen MR) is 89.8 cm³/mol. The fourth-order valence-electron chi connectivity index (χ4n) is 2.88. The third-order valence-electron chi connectivity index (χ3n) is 4.00. The predicted octanol–water partition coefficient (Wildman–Crippen LogP) is 3.09. The van der Waals surface area contributed by atoms with E-state index in [1.165, 1.54) is 23.9 Å². The van der Waals surface area contributed by atoms with Crippen LogP contribution in [0.1, 0.15) is 40.4 Å². The standard InChI is InChI=1S/C18H17ClN2O3/c19-16-10-13(8-9-20-16)18(23)24-11-17(22)21-15-7-3-5-12-4-1-2-6-14(12)15/h1-2,4,6,8-10,15H,3,5,7,11H2,(H,21,22)/t15-/m1/s1. The van der Waals surface area contributed by atoms with Gasteiger partial charge in [0.15, 0.2) is 6.61 Å². The fourth-order valence-corrected chi connectivity index (χ4v) is 3.06. The first-order valence-corrected chi connectivity index (χ1v) is 8.17. The number of esters is 1. The number of hydrogen-bond donors (Lipinski definition) is 1. The summed E-state index contributed by atoms with van der Waals surface area (Å²) in [5.41, 5.74) is 2.67. The van der Waals surface area contributed by atoms with E-state index >= 15 is 0 Å². The Labute approximate surface area is 145 Å². The number of ether oxygens (including phenoxy) is 1. The van der Waals surface area contributed by atoms with Crippen molar-refractivity contribution in [3.8, 4) is 0 Å².